The van der Waals surface area contributed by atoms with Crippen LogP contribution in [0.2, 0.25) is 0 Å². The van der Waals surface area contributed by atoms with Gasteiger partial charge in [0.1, 0.15) is 5.75 Å². The molecule has 1 amide bonds. The first-order valence-electron chi connectivity index (χ1n) is 7.39. The molecule has 0 unspecified atom stereocenters. The first-order chi connectivity index (χ1) is 11.0. The molecule has 5 nitrogen and oxygen atoms in total. The zero-order valence-corrected chi connectivity index (χ0v) is 13.1. The van der Waals surface area contributed by atoms with Crippen LogP contribution in [-0.2, 0) is 16.0 Å². The summed E-state index contributed by atoms with van der Waals surface area (Å²) in [5.74, 6) is -1.11. The minimum Gasteiger partial charge on any atom is -0.508 e. The molecular formula is C18H19NO4. The SMILES string of the molecule is CCc1ccc(NC(=O)[C@H](C)OC(=O)c2cccc(O)c2)cc1. The molecule has 0 aliphatic heterocycles. The largest absolute Gasteiger partial charge is 0.508 e. The lowest BCUT2D eigenvalue weighted by molar-refractivity contribution is -0.123. The van der Waals surface area contributed by atoms with Crippen molar-refractivity contribution in [2.45, 2.75) is 26.4 Å². The van der Waals surface area contributed by atoms with Crippen LogP contribution in [0.1, 0.15) is 29.8 Å². The Hall–Kier alpha value is -2.82. The lowest BCUT2D eigenvalue weighted by atomic mass is 10.1. The zero-order chi connectivity index (χ0) is 16.8. The maximum absolute atomic E-state index is 12.1. The standard InChI is InChI=1S/C18H19NO4/c1-3-13-7-9-15(10-8-13)19-17(21)12(2)23-18(22)14-5-4-6-16(20)11-14/h4-12,20H,3H2,1-2H3,(H,19,21)/t12-/m0/s1. The maximum Gasteiger partial charge on any atom is 0.339 e. The van der Waals surface area contributed by atoms with Crippen molar-refractivity contribution in [1.29, 1.82) is 0 Å². The highest BCUT2D eigenvalue weighted by atomic mass is 16.5. The lowest BCUT2D eigenvalue weighted by Crippen LogP contribution is -2.30. The van der Waals surface area contributed by atoms with Crippen LogP contribution in [0.15, 0.2) is 48.5 Å². The molecule has 0 spiro atoms. The van der Waals surface area contributed by atoms with E-state index in [-0.39, 0.29) is 11.3 Å². The lowest BCUT2D eigenvalue weighted by Gasteiger charge is -2.14. The second kappa shape index (κ2) is 7.45. The number of phenols is 1. The number of nitrogens with one attached hydrogen (secondary N) is 1. The number of hydrogen-bond donors (Lipinski definition) is 2. The fourth-order valence-electron chi connectivity index (χ4n) is 1.98. The number of carbonyl (C=O) groups excluding carboxylic acids is 2. The molecule has 0 fully saturated rings. The van der Waals surface area contributed by atoms with Crippen LogP contribution in [0.4, 0.5) is 5.69 Å². The normalized spacial score (nSPS) is 11.6. The summed E-state index contributed by atoms with van der Waals surface area (Å²) in [5, 5.41) is 12.1. The maximum atomic E-state index is 12.1. The Morgan fingerprint density at radius 3 is 2.48 bits per heavy atom. The van der Waals surface area contributed by atoms with E-state index in [9.17, 15) is 14.7 Å². The Morgan fingerprint density at radius 2 is 1.87 bits per heavy atom. The molecule has 0 bridgehead atoms. The van der Waals surface area contributed by atoms with Crippen LogP contribution in [-0.4, -0.2) is 23.1 Å². The van der Waals surface area contributed by atoms with Gasteiger partial charge in [-0.1, -0.05) is 25.1 Å². The van der Waals surface area contributed by atoms with Crippen LogP contribution >= 0.6 is 0 Å². The van der Waals surface area contributed by atoms with Crippen molar-refractivity contribution >= 4 is 17.6 Å². The summed E-state index contributed by atoms with van der Waals surface area (Å²) < 4.78 is 5.11. The Labute approximate surface area is 134 Å². The van der Waals surface area contributed by atoms with Gasteiger partial charge < -0.3 is 15.2 Å². The van der Waals surface area contributed by atoms with Crippen molar-refractivity contribution < 1.29 is 19.4 Å². The number of carbonyl (C=O) groups is 2. The van der Waals surface area contributed by atoms with Gasteiger partial charge in [-0.3, -0.25) is 4.79 Å². The van der Waals surface area contributed by atoms with Gasteiger partial charge in [-0.15, -0.1) is 0 Å². The van der Waals surface area contributed by atoms with Crippen molar-refractivity contribution in [2.24, 2.45) is 0 Å². The van der Waals surface area contributed by atoms with Crippen molar-refractivity contribution in [1.82, 2.24) is 0 Å². The number of hydrogen-bond acceptors (Lipinski definition) is 4. The van der Waals surface area contributed by atoms with E-state index in [1.807, 2.05) is 12.1 Å². The average molecular weight is 313 g/mol. The topological polar surface area (TPSA) is 75.6 Å². The molecule has 0 heterocycles. The monoisotopic (exact) mass is 313 g/mol. The molecule has 120 valence electrons. The summed E-state index contributed by atoms with van der Waals surface area (Å²) in [5.41, 5.74) is 2.01. The fourth-order valence-corrected chi connectivity index (χ4v) is 1.98. The van der Waals surface area contributed by atoms with Gasteiger partial charge in [-0.25, -0.2) is 4.79 Å². The predicted molar refractivity (Wildman–Crippen MR) is 87.4 cm³/mol. The van der Waals surface area contributed by atoms with Crippen LogP contribution in [0.5, 0.6) is 5.75 Å². The summed E-state index contributed by atoms with van der Waals surface area (Å²) in [6.45, 7) is 3.55. The highest BCUT2D eigenvalue weighted by Gasteiger charge is 2.19. The average Bonchev–Trinajstić information content (AvgIpc) is 2.55. The van der Waals surface area contributed by atoms with Gasteiger partial charge in [0.05, 0.1) is 5.56 Å². The predicted octanol–water partition coefficient (Wildman–Crippen LogP) is 3.14. The van der Waals surface area contributed by atoms with Gasteiger partial charge >= 0.3 is 5.97 Å². The highest BCUT2D eigenvalue weighted by molar-refractivity contribution is 5.97. The van der Waals surface area contributed by atoms with Gasteiger partial charge in [0.25, 0.3) is 5.91 Å². The van der Waals surface area contributed by atoms with Crippen LogP contribution < -0.4 is 5.32 Å². The zero-order valence-electron chi connectivity index (χ0n) is 13.1. The molecule has 1 atom stereocenters. The van der Waals surface area contributed by atoms with E-state index in [1.165, 1.54) is 36.8 Å². The number of phenolic OH excluding ortho intramolecular Hbond substituents is 1. The van der Waals surface area contributed by atoms with Crippen LogP contribution in [0.3, 0.4) is 0 Å². The fraction of sp³-hybridized carbons (Fsp3) is 0.222. The van der Waals surface area contributed by atoms with E-state index >= 15 is 0 Å². The summed E-state index contributed by atoms with van der Waals surface area (Å²) in [6, 6.07) is 13.3. The second-order valence-electron chi connectivity index (χ2n) is 5.14. The van der Waals surface area contributed by atoms with Crippen LogP contribution in [0, 0.1) is 0 Å². The Kier molecular flexibility index (Phi) is 5.36. The molecule has 0 aliphatic rings. The third-order valence-corrected chi connectivity index (χ3v) is 3.36. The molecule has 2 N–H and O–H groups in total. The number of esters is 1. The molecule has 23 heavy (non-hydrogen) atoms. The number of anilines is 1. The molecule has 2 rings (SSSR count). The van der Waals surface area contributed by atoms with Crippen LogP contribution in [0.25, 0.3) is 0 Å². The second-order valence-corrected chi connectivity index (χ2v) is 5.14. The number of aromatic hydroxyl groups is 1. The molecule has 5 heteroatoms. The first-order valence-corrected chi connectivity index (χ1v) is 7.39. The van der Waals surface area contributed by atoms with E-state index in [0.717, 1.165) is 6.42 Å². The third kappa shape index (κ3) is 4.57. The molecule has 0 aromatic heterocycles. The van der Waals surface area contributed by atoms with Gasteiger partial charge in [-0.05, 0) is 49.2 Å². The highest BCUT2D eigenvalue weighted by Crippen LogP contribution is 2.14. The minimum atomic E-state index is -0.948. The Balaban J connectivity index is 1.95. The summed E-state index contributed by atoms with van der Waals surface area (Å²) in [7, 11) is 0. The molecule has 0 aliphatic carbocycles. The van der Waals surface area contributed by atoms with Crippen molar-refractivity contribution in [3.05, 3.63) is 59.7 Å². The van der Waals surface area contributed by atoms with Crippen molar-refractivity contribution in [3.8, 4) is 5.75 Å². The third-order valence-electron chi connectivity index (χ3n) is 3.36. The first kappa shape index (κ1) is 16.5. The van der Waals surface area contributed by atoms with E-state index in [4.69, 9.17) is 4.74 Å². The summed E-state index contributed by atoms with van der Waals surface area (Å²) >= 11 is 0. The molecule has 2 aromatic carbocycles. The number of benzene rings is 2. The summed E-state index contributed by atoms with van der Waals surface area (Å²) in [6.07, 6.45) is -0.0256. The molecule has 2 aromatic rings. The van der Waals surface area contributed by atoms with E-state index in [0.29, 0.717) is 5.69 Å². The number of amides is 1. The van der Waals surface area contributed by atoms with Gasteiger partial charge in [0, 0.05) is 5.69 Å². The van der Waals surface area contributed by atoms with Gasteiger partial charge in [0.15, 0.2) is 6.10 Å². The smallest absolute Gasteiger partial charge is 0.339 e. The number of aryl methyl sites for hydroxylation is 1. The summed E-state index contributed by atoms with van der Waals surface area (Å²) in [4.78, 5) is 24.0. The van der Waals surface area contributed by atoms with Gasteiger partial charge in [0.2, 0.25) is 0 Å². The molecule has 0 radical (unpaired) electrons. The van der Waals surface area contributed by atoms with Crippen molar-refractivity contribution in [3.63, 3.8) is 0 Å². The van der Waals surface area contributed by atoms with E-state index in [1.54, 1.807) is 12.1 Å². The Morgan fingerprint density at radius 1 is 1.17 bits per heavy atom. The van der Waals surface area contributed by atoms with Crippen molar-refractivity contribution in [2.75, 3.05) is 5.32 Å². The Bertz CT molecular complexity index is 694. The van der Waals surface area contributed by atoms with Gasteiger partial charge in [-0.2, -0.15) is 0 Å². The molecule has 0 saturated carbocycles. The van der Waals surface area contributed by atoms with E-state index in [2.05, 4.69) is 12.2 Å². The molecular weight excluding hydrogens is 294 g/mol. The minimum absolute atomic E-state index is 0.0347. The van der Waals surface area contributed by atoms with E-state index < -0.39 is 18.0 Å². The number of ether oxygens (including phenoxy) is 1. The quantitative estimate of drug-likeness (QED) is 0.832. The molecule has 0 saturated heterocycles. The number of rotatable bonds is 5.